The molecule has 0 spiro atoms. The molecule has 0 radical (unpaired) electrons. The second-order valence-corrected chi connectivity index (χ2v) is 3.32. The van der Waals surface area contributed by atoms with Gasteiger partial charge in [-0.25, -0.2) is 4.98 Å². The highest BCUT2D eigenvalue weighted by Crippen LogP contribution is 2.17. The summed E-state index contributed by atoms with van der Waals surface area (Å²) in [6.45, 7) is 2.52. The predicted octanol–water partition coefficient (Wildman–Crippen LogP) is 1.84. The molecule has 3 heteroatoms. The van der Waals surface area contributed by atoms with Gasteiger partial charge in [0.25, 0.3) is 0 Å². The van der Waals surface area contributed by atoms with Crippen molar-refractivity contribution in [3.8, 4) is 11.3 Å². The lowest BCUT2D eigenvalue weighted by atomic mass is 10.1. The first kappa shape index (κ1) is 8.97. The van der Waals surface area contributed by atoms with E-state index in [2.05, 4.69) is 35.1 Å². The molecule has 1 aromatic heterocycles. The molecule has 0 unspecified atom stereocenters. The van der Waals surface area contributed by atoms with E-state index in [4.69, 9.17) is 5.73 Å². The maximum absolute atomic E-state index is 5.48. The third-order valence-electron chi connectivity index (χ3n) is 2.15. The van der Waals surface area contributed by atoms with Gasteiger partial charge in [0.15, 0.2) is 0 Å². The number of aromatic nitrogens is 2. The van der Waals surface area contributed by atoms with Crippen LogP contribution in [-0.4, -0.2) is 9.97 Å². The fraction of sp³-hybridized carbons (Fsp3) is 0.182. The molecule has 0 amide bonds. The van der Waals surface area contributed by atoms with Crippen molar-refractivity contribution >= 4 is 0 Å². The molecule has 3 nitrogen and oxygen atoms in total. The van der Waals surface area contributed by atoms with Gasteiger partial charge in [0, 0.05) is 0 Å². The van der Waals surface area contributed by atoms with E-state index < -0.39 is 0 Å². The highest BCUT2D eigenvalue weighted by atomic mass is 14.9. The normalized spacial score (nSPS) is 10.4. The van der Waals surface area contributed by atoms with Crippen LogP contribution in [0, 0.1) is 6.92 Å². The monoisotopic (exact) mass is 187 g/mol. The van der Waals surface area contributed by atoms with Crippen molar-refractivity contribution in [2.24, 2.45) is 5.73 Å². The maximum atomic E-state index is 5.48. The van der Waals surface area contributed by atoms with E-state index in [0.29, 0.717) is 6.54 Å². The lowest BCUT2D eigenvalue weighted by Gasteiger charge is -1.98. The number of hydrogen-bond acceptors (Lipinski definition) is 2. The fourth-order valence-electron chi connectivity index (χ4n) is 1.43. The SMILES string of the molecule is Cc1cccc(-c2cnc(CN)[nH]2)c1. The van der Waals surface area contributed by atoms with E-state index in [1.165, 1.54) is 5.56 Å². The van der Waals surface area contributed by atoms with Gasteiger partial charge in [0.05, 0.1) is 18.4 Å². The van der Waals surface area contributed by atoms with Crippen LogP contribution in [0.25, 0.3) is 11.3 Å². The zero-order valence-electron chi connectivity index (χ0n) is 8.12. The van der Waals surface area contributed by atoms with Crippen LogP contribution < -0.4 is 5.73 Å². The molecule has 14 heavy (non-hydrogen) atoms. The summed E-state index contributed by atoms with van der Waals surface area (Å²) in [6.07, 6.45) is 1.82. The van der Waals surface area contributed by atoms with E-state index in [9.17, 15) is 0 Å². The van der Waals surface area contributed by atoms with E-state index in [0.717, 1.165) is 17.1 Å². The van der Waals surface area contributed by atoms with Crippen molar-refractivity contribution in [2.45, 2.75) is 13.5 Å². The fourth-order valence-corrected chi connectivity index (χ4v) is 1.43. The summed E-state index contributed by atoms with van der Waals surface area (Å²) >= 11 is 0. The molecular formula is C11H13N3. The minimum atomic E-state index is 0.450. The first-order valence-electron chi connectivity index (χ1n) is 4.60. The van der Waals surface area contributed by atoms with Crippen molar-refractivity contribution in [3.05, 3.63) is 41.9 Å². The minimum absolute atomic E-state index is 0.450. The Bertz CT molecular complexity index is 432. The van der Waals surface area contributed by atoms with Gasteiger partial charge in [-0.2, -0.15) is 0 Å². The molecular weight excluding hydrogens is 174 g/mol. The molecule has 0 atom stereocenters. The zero-order valence-corrected chi connectivity index (χ0v) is 8.12. The minimum Gasteiger partial charge on any atom is -0.341 e. The highest BCUT2D eigenvalue weighted by Gasteiger charge is 2.01. The van der Waals surface area contributed by atoms with Crippen LogP contribution in [0.2, 0.25) is 0 Å². The Labute approximate surface area is 83.0 Å². The number of nitrogens with two attached hydrogens (primary N) is 1. The maximum Gasteiger partial charge on any atom is 0.120 e. The van der Waals surface area contributed by atoms with Crippen LogP contribution >= 0.6 is 0 Å². The summed E-state index contributed by atoms with van der Waals surface area (Å²) in [5.41, 5.74) is 8.89. The van der Waals surface area contributed by atoms with Gasteiger partial charge in [-0.1, -0.05) is 23.8 Å². The number of nitrogens with zero attached hydrogens (tertiary/aromatic N) is 1. The molecule has 2 rings (SSSR count). The Morgan fingerprint density at radius 2 is 2.29 bits per heavy atom. The van der Waals surface area contributed by atoms with E-state index >= 15 is 0 Å². The molecule has 0 aliphatic rings. The number of rotatable bonds is 2. The molecule has 0 fully saturated rings. The predicted molar refractivity (Wildman–Crippen MR) is 56.7 cm³/mol. The molecule has 0 bridgehead atoms. The van der Waals surface area contributed by atoms with Gasteiger partial charge in [-0.15, -0.1) is 0 Å². The summed E-state index contributed by atoms with van der Waals surface area (Å²) < 4.78 is 0. The van der Waals surface area contributed by atoms with Crippen molar-refractivity contribution in [3.63, 3.8) is 0 Å². The smallest absolute Gasteiger partial charge is 0.120 e. The van der Waals surface area contributed by atoms with Crippen molar-refractivity contribution in [1.82, 2.24) is 9.97 Å². The Morgan fingerprint density at radius 1 is 1.43 bits per heavy atom. The van der Waals surface area contributed by atoms with Gasteiger partial charge in [0.2, 0.25) is 0 Å². The quantitative estimate of drug-likeness (QED) is 0.753. The Morgan fingerprint density at radius 3 is 2.93 bits per heavy atom. The first-order valence-corrected chi connectivity index (χ1v) is 4.60. The first-order chi connectivity index (χ1) is 6.79. The van der Waals surface area contributed by atoms with Gasteiger partial charge in [-0.3, -0.25) is 0 Å². The summed E-state index contributed by atoms with van der Waals surface area (Å²) in [4.78, 5) is 7.33. The number of aromatic amines is 1. The van der Waals surface area contributed by atoms with Crippen molar-refractivity contribution in [1.29, 1.82) is 0 Å². The van der Waals surface area contributed by atoms with Crippen LogP contribution in [-0.2, 0) is 6.54 Å². The molecule has 0 aliphatic heterocycles. The number of hydrogen-bond donors (Lipinski definition) is 2. The Balaban J connectivity index is 2.39. The second-order valence-electron chi connectivity index (χ2n) is 3.32. The van der Waals surface area contributed by atoms with Crippen LogP contribution in [0.15, 0.2) is 30.5 Å². The molecule has 1 aromatic carbocycles. The third-order valence-corrected chi connectivity index (χ3v) is 2.15. The van der Waals surface area contributed by atoms with Crippen LogP contribution in [0.3, 0.4) is 0 Å². The average molecular weight is 187 g/mol. The lowest BCUT2D eigenvalue weighted by molar-refractivity contribution is 0.950. The Hall–Kier alpha value is -1.61. The molecule has 0 saturated heterocycles. The molecule has 0 saturated carbocycles. The van der Waals surface area contributed by atoms with Crippen LogP contribution in [0.4, 0.5) is 0 Å². The van der Waals surface area contributed by atoms with Gasteiger partial charge in [-0.05, 0) is 18.6 Å². The standard InChI is InChI=1S/C11H13N3/c1-8-3-2-4-9(5-8)10-7-13-11(6-12)14-10/h2-5,7H,6,12H2,1H3,(H,13,14). The largest absolute Gasteiger partial charge is 0.341 e. The van der Waals surface area contributed by atoms with E-state index in [1.54, 1.807) is 0 Å². The van der Waals surface area contributed by atoms with Gasteiger partial charge >= 0.3 is 0 Å². The number of aryl methyl sites for hydroxylation is 1. The second kappa shape index (κ2) is 3.64. The molecule has 2 aromatic rings. The number of benzene rings is 1. The van der Waals surface area contributed by atoms with Gasteiger partial charge in [0.1, 0.15) is 5.82 Å². The lowest BCUT2D eigenvalue weighted by Crippen LogP contribution is -1.97. The van der Waals surface area contributed by atoms with E-state index in [1.807, 2.05) is 12.3 Å². The van der Waals surface area contributed by atoms with Crippen molar-refractivity contribution < 1.29 is 0 Å². The highest BCUT2D eigenvalue weighted by molar-refractivity contribution is 5.59. The average Bonchev–Trinajstić information content (AvgIpc) is 2.66. The van der Waals surface area contributed by atoms with Crippen molar-refractivity contribution in [2.75, 3.05) is 0 Å². The Kier molecular flexibility index (Phi) is 2.33. The molecule has 3 N–H and O–H groups in total. The summed E-state index contributed by atoms with van der Waals surface area (Å²) in [7, 11) is 0. The zero-order chi connectivity index (χ0) is 9.97. The molecule has 1 heterocycles. The van der Waals surface area contributed by atoms with E-state index in [-0.39, 0.29) is 0 Å². The third kappa shape index (κ3) is 1.67. The van der Waals surface area contributed by atoms with Crippen LogP contribution in [0.5, 0.6) is 0 Å². The topological polar surface area (TPSA) is 54.7 Å². The summed E-state index contributed by atoms with van der Waals surface area (Å²) in [5, 5.41) is 0. The van der Waals surface area contributed by atoms with Crippen LogP contribution in [0.1, 0.15) is 11.4 Å². The molecule has 72 valence electrons. The molecule has 0 aliphatic carbocycles. The summed E-state index contributed by atoms with van der Waals surface area (Å²) in [6, 6.07) is 8.28. The number of imidazole rings is 1. The number of H-pyrrole nitrogens is 1. The van der Waals surface area contributed by atoms with Gasteiger partial charge < -0.3 is 10.7 Å². The number of nitrogens with one attached hydrogen (secondary N) is 1. The summed E-state index contributed by atoms with van der Waals surface area (Å²) in [5.74, 6) is 0.821.